The van der Waals surface area contributed by atoms with Crippen molar-refractivity contribution in [2.24, 2.45) is 0 Å². The number of nitrogens with one attached hydrogen (secondary N) is 1. The molecule has 3 aromatic carbocycles. The summed E-state index contributed by atoms with van der Waals surface area (Å²) in [6, 6.07) is 20.9. The topological polar surface area (TPSA) is 75.7 Å². The van der Waals surface area contributed by atoms with Crippen LogP contribution in [0.3, 0.4) is 0 Å². The van der Waals surface area contributed by atoms with Gasteiger partial charge >= 0.3 is 5.97 Å². The molecule has 1 aliphatic rings. The number of carbonyl (C=O) groups excluding carboxylic acids is 3. The number of carbonyl (C=O) groups is 3. The Morgan fingerprint density at radius 1 is 0.967 bits per heavy atom. The van der Waals surface area contributed by atoms with Crippen molar-refractivity contribution in [3.63, 3.8) is 0 Å². The third-order valence-electron chi connectivity index (χ3n) is 4.65. The highest BCUT2D eigenvalue weighted by Gasteiger charge is 2.40. The van der Waals surface area contributed by atoms with E-state index >= 15 is 0 Å². The van der Waals surface area contributed by atoms with E-state index in [1.807, 2.05) is 6.07 Å². The molecular formula is C23H17ClN2O4. The number of anilines is 2. The number of amides is 2. The predicted molar refractivity (Wildman–Crippen MR) is 114 cm³/mol. The average molecular weight is 421 g/mol. The Hall–Kier alpha value is -3.64. The van der Waals surface area contributed by atoms with Crippen molar-refractivity contribution in [3.05, 3.63) is 89.4 Å². The summed E-state index contributed by atoms with van der Waals surface area (Å²) >= 11 is 6.04. The first-order valence-electron chi connectivity index (χ1n) is 9.27. The molecule has 0 radical (unpaired) electrons. The average Bonchev–Trinajstić information content (AvgIpc) is 2.74. The molecule has 6 nitrogen and oxygen atoms in total. The molecular weight excluding hydrogens is 404 g/mol. The van der Waals surface area contributed by atoms with Crippen molar-refractivity contribution in [2.45, 2.75) is 12.5 Å². The molecule has 0 saturated carbocycles. The van der Waals surface area contributed by atoms with Gasteiger partial charge in [-0.1, -0.05) is 48.0 Å². The molecule has 7 heteroatoms. The van der Waals surface area contributed by atoms with Gasteiger partial charge in [0.2, 0.25) is 5.91 Å². The molecule has 0 spiro atoms. The van der Waals surface area contributed by atoms with Crippen LogP contribution in [0.25, 0.3) is 0 Å². The lowest BCUT2D eigenvalue weighted by Gasteiger charge is -2.35. The van der Waals surface area contributed by atoms with Crippen molar-refractivity contribution in [3.8, 4) is 5.75 Å². The van der Waals surface area contributed by atoms with E-state index in [0.29, 0.717) is 22.0 Å². The second-order valence-electron chi connectivity index (χ2n) is 6.71. The first-order chi connectivity index (χ1) is 14.5. The molecule has 2 amide bonds. The highest BCUT2D eigenvalue weighted by molar-refractivity contribution is 6.31. The van der Waals surface area contributed by atoms with Crippen molar-refractivity contribution >= 4 is 40.8 Å². The standard InChI is InChI=1S/C23H17ClN2O4/c24-16-8-6-7-15(13-16)22(28)26-18-11-4-5-12-20(18)30-23(29)19(26)14-21(27)25-17-9-2-1-3-10-17/h1-13,19H,14H2,(H,25,27)/t19-/m0/s1. The van der Waals surface area contributed by atoms with Crippen LogP contribution in [-0.4, -0.2) is 23.8 Å². The Kier molecular flexibility index (Phi) is 5.50. The predicted octanol–water partition coefficient (Wildman–Crippen LogP) is 4.30. The lowest BCUT2D eigenvalue weighted by molar-refractivity contribution is -0.138. The highest BCUT2D eigenvalue weighted by Crippen LogP contribution is 2.36. The van der Waals surface area contributed by atoms with Gasteiger partial charge in [0, 0.05) is 16.3 Å². The van der Waals surface area contributed by atoms with Gasteiger partial charge in [0.05, 0.1) is 12.1 Å². The Balaban J connectivity index is 1.67. The summed E-state index contributed by atoms with van der Waals surface area (Å²) in [5, 5.41) is 3.13. The number of nitrogens with zero attached hydrogens (tertiary/aromatic N) is 1. The van der Waals surface area contributed by atoms with E-state index in [-0.39, 0.29) is 12.2 Å². The monoisotopic (exact) mass is 420 g/mol. The third-order valence-corrected chi connectivity index (χ3v) is 4.88. The zero-order valence-corrected chi connectivity index (χ0v) is 16.5. The number of benzene rings is 3. The Morgan fingerprint density at radius 3 is 2.47 bits per heavy atom. The van der Waals surface area contributed by atoms with Crippen LogP contribution >= 0.6 is 11.6 Å². The third kappa shape index (κ3) is 4.04. The second-order valence-corrected chi connectivity index (χ2v) is 7.14. The maximum absolute atomic E-state index is 13.3. The Labute approximate surface area is 178 Å². The number of halogens is 1. The molecule has 3 aromatic rings. The van der Waals surface area contributed by atoms with Gasteiger partial charge in [-0.25, -0.2) is 4.79 Å². The quantitative estimate of drug-likeness (QED) is 0.504. The van der Waals surface area contributed by atoms with Crippen LogP contribution < -0.4 is 15.0 Å². The molecule has 150 valence electrons. The molecule has 30 heavy (non-hydrogen) atoms. The van der Waals surface area contributed by atoms with Crippen molar-refractivity contribution in [1.82, 2.24) is 0 Å². The Morgan fingerprint density at radius 2 is 1.70 bits per heavy atom. The van der Waals surface area contributed by atoms with Crippen LogP contribution in [0.2, 0.25) is 5.02 Å². The number of ether oxygens (including phenoxy) is 1. The minimum atomic E-state index is -1.12. The summed E-state index contributed by atoms with van der Waals surface area (Å²) < 4.78 is 5.40. The fraction of sp³-hybridized carbons (Fsp3) is 0.0870. The van der Waals surface area contributed by atoms with Crippen LogP contribution in [0.5, 0.6) is 5.75 Å². The van der Waals surface area contributed by atoms with Gasteiger partial charge in [0.1, 0.15) is 6.04 Å². The normalized spacial score (nSPS) is 15.2. The molecule has 1 heterocycles. The van der Waals surface area contributed by atoms with E-state index in [1.54, 1.807) is 66.7 Å². The van der Waals surface area contributed by atoms with Crippen LogP contribution in [-0.2, 0) is 9.59 Å². The van der Waals surface area contributed by atoms with Gasteiger partial charge in [-0.3, -0.25) is 14.5 Å². The van der Waals surface area contributed by atoms with E-state index in [9.17, 15) is 14.4 Å². The molecule has 0 aromatic heterocycles. The maximum atomic E-state index is 13.3. The number of para-hydroxylation sites is 3. The zero-order chi connectivity index (χ0) is 21.1. The van der Waals surface area contributed by atoms with Crippen LogP contribution in [0, 0.1) is 0 Å². The minimum Gasteiger partial charge on any atom is -0.423 e. The molecule has 1 atom stereocenters. The number of esters is 1. The smallest absolute Gasteiger partial charge is 0.335 e. The summed E-state index contributed by atoms with van der Waals surface area (Å²) in [7, 11) is 0. The molecule has 0 saturated heterocycles. The van der Waals surface area contributed by atoms with Crippen LogP contribution in [0.15, 0.2) is 78.9 Å². The Bertz CT molecular complexity index is 1120. The van der Waals surface area contributed by atoms with E-state index in [2.05, 4.69) is 5.32 Å². The zero-order valence-electron chi connectivity index (χ0n) is 15.7. The lowest BCUT2D eigenvalue weighted by Crippen LogP contribution is -2.51. The minimum absolute atomic E-state index is 0.256. The van der Waals surface area contributed by atoms with Gasteiger partial charge < -0.3 is 10.1 Å². The molecule has 0 bridgehead atoms. The number of hydrogen-bond donors (Lipinski definition) is 1. The summed E-state index contributed by atoms with van der Waals surface area (Å²) in [4.78, 5) is 40.0. The summed E-state index contributed by atoms with van der Waals surface area (Å²) in [5.74, 6) is -1.27. The van der Waals surface area contributed by atoms with E-state index < -0.39 is 23.8 Å². The molecule has 1 N–H and O–H groups in total. The molecule has 0 fully saturated rings. The fourth-order valence-corrected chi connectivity index (χ4v) is 3.48. The first-order valence-corrected chi connectivity index (χ1v) is 9.65. The first kappa shape index (κ1) is 19.7. The largest absolute Gasteiger partial charge is 0.423 e. The van der Waals surface area contributed by atoms with Crippen molar-refractivity contribution in [1.29, 1.82) is 0 Å². The number of hydrogen-bond acceptors (Lipinski definition) is 4. The van der Waals surface area contributed by atoms with Crippen LogP contribution in [0.1, 0.15) is 16.8 Å². The van der Waals surface area contributed by atoms with Gasteiger partial charge in [0.25, 0.3) is 5.91 Å². The molecule has 0 unspecified atom stereocenters. The maximum Gasteiger partial charge on any atom is 0.335 e. The van der Waals surface area contributed by atoms with Gasteiger partial charge in [-0.05, 0) is 42.5 Å². The summed E-state index contributed by atoms with van der Waals surface area (Å²) in [6.07, 6.45) is -0.256. The highest BCUT2D eigenvalue weighted by atomic mass is 35.5. The second kappa shape index (κ2) is 8.39. The molecule has 4 rings (SSSR count). The summed E-state index contributed by atoms with van der Waals surface area (Å²) in [5.41, 5.74) is 1.32. The van der Waals surface area contributed by atoms with Crippen molar-refractivity contribution in [2.75, 3.05) is 10.2 Å². The van der Waals surface area contributed by atoms with E-state index in [0.717, 1.165) is 0 Å². The molecule has 1 aliphatic heterocycles. The lowest BCUT2D eigenvalue weighted by atomic mass is 10.0. The van der Waals surface area contributed by atoms with E-state index in [4.69, 9.17) is 16.3 Å². The van der Waals surface area contributed by atoms with Gasteiger partial charge in [0.15, 0.2) is 5.75 Å². The van der Waals surface area contributed by atoms with Gasteiger partial charge in [-0.2, -0.15) is 0 Å². The SMILES string of the molecule is O=C(C[C@H]1C(=O)Oc2ccccc2N1C(=O)c1cccc(Cl)c1)Nc1ccccc1. The summed E-state index contributed by atoms with van der Waals surface area (Å²) in [6.45, 7) is 0. The molecule has 0 aliphatic carbocycles. The van der Waals surface area contributed by atoms with Gasteiger partial charge in [-0.15, -0.1) is 0 Å². The van der Waals surface area contributed by atoms with E-state index in [1.165, 1.54) is 11.0 Å². The number of fused-ring (bicyclic) bond motifs is 1. The fourth-order valence-electron chi connectivity index (χ4n) is 3.29. The van der Waals surface area contributed by atoms with Crippen molar-refractivity contribution < 1.29 is 19.1 Å². The van der Waals surface area contributed by atoms with Crippen LogP contribution in [0.4, 0.5) is 11.4 Å². The number of rotatable bonds is 4.